The number of hydrogen-bond acceptors (Lipinski definition) is 4. The van der Waals surface area contributed by atoms with Gasteiger partial charge in [0.15, 0.2) is 11.5 Å². The average Bonchev–Trinajstić information content (AvgIpc) is 2.72. The molecule has 0 aromatic heterocycles. The lowest BCUT2D eigenvalue weighted by Gasteiger charge is -2.31. The summed E-state index contributed by atoms with van der Waals surface area (Å²) in [5, 5.41) is 0.158. The summed E-state index contributed by atoms with van der Waals surface area (Å²) in [6.07, 6.45) is 2.72. The van der Waals surface area contributed by atoms with Gasteiger partial charge in [-0.05, 0) is 62.2 Å². The molecular weight excluding hydrogens is 401 g/mol. The Bertz CT molecular complexity index is 780. The first-order valence-corrected chi connectivity index (χ1v) is 10.4. The zero-order valence-electron chi connectivity index (χ0n) is 16.2. The number of halogens is 2. The maximum Gasteiger partial charge on any atom is 0.161 e. The third-order valence-electron chi connectivity index (χ3n) is 5.05. The molecule has 0 aliphatic carbocycles. The molecule has 0 saturated carbocycles. The van der Waals surface area contributed by atoms with E-state index in [-0.39, 0.29) is 23.5 Å². The van der Waals surface area contributed by atoms with Crippen LogP contribution >= 0.6 is 12.4 Å². The van der Waals surface area contributed by atoms with Gasteiger partial charge >= 0.3 is 0 Å². The van der Waals surface area contributed by atoms with Crippen LogP contribution in [0, 0.1) is 5.82 Å². The topological polar surface area (TPSA) is 38.8 Å². The normalized spacial score (nSPS) is 16.2. The largest absolute Gasteiger partial charge is 0.493 e. The number of methoxy groups -OCH3 is 2. The van der Waals surface area contributed by atoms with Crippen molar-refractivity contribution >= 4 is 23.2 Å². The zero-order chi connectivity index (χ0) is 19.2. The smallest absolute Gasteiger partial charge is 0.161 e. The van der Waals surface area contributed by atoms with Gasteiger partial charge in [0, 0.05) is 22.8 Å². The molecule has 2 aromatic carbocycles. The molecule has 0 radical (unpaired) electrons. The Labute approximate surface area is 174 Å². The average molecular weight is 428 g/mol. The van der Waals surface area contributed by atoms with Crippen molar-refractivity contribution in [2.45, 2.75) is 29.4 Å². The molecule has 1 aliphatic rings. The Hall–Kier alpha value is -1.63. The molecule has 1 atom stereocenters. The lowest BCUT2D eigenvalue weighted by molar-refractivity contribution is 0.234. The molecule has 0 amide bonds. The van der Waals surface area contributed by atoms with Crippen LogP contribution in [-0.2, 0) is 17.2 Å². The molecule has 0 bridgehead atoms. The van der Waals surface area contributed by atoms with E-state index in [2.05, 4.69) is 4.90 Å². The van der Waals surface area contributed by atoms with Crippen molar-refractivity contribution in [3.8, 4) is 11.5 Å². The third kappa shape index (κ3) is 5.69. The monoisotopic (exact) mass is 427 g/mol. The maximum absolute atomic E-state index is 13.0. The maximum atomic E-state index is 13.0. The van der Waals surface area contributed by atoms with Crippen molar-refractivity contribution < 1.29 is 18.1 Å². The van der Waals surface area contributed by atoms with Crippen LogP contribution in [0.1, 0.15) is 18.4 Å². The minimum atomic E-state index is -1.05. The van der Waals surface area contributed by atoms with E-state index in [1.165, 1.54) is 12.1 Å². The summed E-state index contributed by atoms with van der Waals surface area (Å²) in [4.78, 5) is 3.18. The van der Waals surface area contributed by atoms with E-state index in [0.29, 0.717) is 11.5 Å². The number of rotatable bonds is 7. The summed E-state index contributed by atoms with van der Waals surface area (Å²) in [5.41, 5.74) is 1.15. The minimum absolute atomic E-state index is 0. The highest BCUT2D eigenvalue weighted by Gasteiger charge is 2.25. The van der Waals surface area contributed by atoms with Crippen LogP contribution in [-0.4, -0.2) is 48.2 Å². The third-order valence-corrected chi connectivity index (χ3v) is 6.85. The number of nitrogens with zero attached hydrogens (tertiary/aromatic N) is 1. The molecule has 7 heteroatoms. The summed E-state index contributed by atoms with van der Waals surface area (Å²) in [5.74, 6) is 1.06. The second kappa shape index (κ2) is 10.8. The predicted octanol–water partition coefficient (Wildman–Crippen LogP) is 4.08. The van der Waals surface area contributed by atoms with Gasteiger partial charge in [0.1, 0.15) is 5.82 Å². The standard InChI is InChI=1S/C21H26FNO3S.ClH/c1-25-20-8-7-19(15-21(20)26-2)27(24)18-10-13-23(14-11-18)12-9-16-3-5-17(22)6-4-16;/h3-8,15,18H,9-14H2,1-2H3;1H. The highest BCUT2D eigenvalue weighted by molar-refractivity contribution is 7.85. The molecule has 1 heterocycles. The molecule has 0 spiro atoms. The van der Waals surface area contributed by atoms with E-state index < -0.39 is 10.8 Å². The summed E-state index contributed by atoms with van der Waals surface area (Å²) in [6, 6.07) is 12.2. The summed E-state index contributed by atoms with van der Waals surface area (Å²) in [6.45, 7) is 2.82. The molecule has 1 fully saturated rings. The van der Waals surface area contributed by atoms with E-state index >= 15 is 0 Å². The SMILES string of the molecule is COc1ccc(S(=O)C2CCN(CCc3ccc(F)cc3)CC2)cc1OC.Cl. The van der Waals surface area contributed by atoms with Crippen LogP contribution in [0.25, 0.3) is 0 Å². The molecule has 1 unspecified atom stereocenters. The molecular formula is C21H27ClFNO3S. The second-order valence-electron chi connectivity index (χ2n) is 6.73. The van der Waals surface area contributed by atoms with Crippen molar-refractivity contribution in [1.29, 1.82) is 0 Å². The number of likely N-dealkylation sites (tertiary alicyclic amines) is 1. The van der Waals surface area contributed by atoms with Crippen LogP contribution in [0.15, 0.2) is 47.4 Å². The van der Waals surface area contributed by atoms with Gasteiger partial charge in [-0.15, -0.1) is 12.4 Å². The van der Waals surface area contributed by atoms with Crippen molar-refractivity contribution in [3.63, 3.8) is 0 Å². The van der Waals surface area contributed by atoms with Crippen LogP contribution in [0.2, 0.25) is 0 Å². The van der Waals surface area contributed by atoms with Gasteiger partial charge in [-0.25, -0.2) is 4.39 Å². The Morgan fingerprint density at radius 1 is 1.04 bits per heavy atom. The van der Waals surface area contributed by atoms with Gasteiger partial charge in [-0.3, -0.25) is 4.21 Å². The lowest BCUT2D eigenvalue weighted by Crippen LogP contribution is -2.38. The Morgan fingerprint density at radius 3 is 2.29 bits per heavy atom. The van der Waals surface area contributed by atoms with Crippen LogP contribution < -0.4 is 9.47 Å². The van der Waals surface area contributed by atoms with Crippen molar-refractivity contribution in [3.05, 3.63) is 53.8 Å². The number of ether oxygens (including phenoxy) is 2. The van der Waals surface area contributed by atoms with E-state index in [0.717, 1.165) is 49.4 Å². The van der Waals surface area contributed by atoms with E-state index in [4.69, 9.17) is 9.47 Å². The van der Waals surface area contributed by atoms with Crippen molar-refractivity contribution in [2.24, 2.45) is 0 Å². The summed E-state index contributed by atoms with van der Waals surface area (Å²) >= 11 is 0. The van der Waals surface area contributed by atoms with Gasteiger partial charge in [-0.2, -0.15) is 0 Å². The van der Waals surface area contributed by atoms with Gasteiger partial charge < -0.3 is 14.4 Å². The van der Waals surface area contributed by atoms with Crippen LogP contribution in [0.4, 0.5) is 4.39 Å². The summed E-state index contributed by atoms with van der Waals surface area (Å²) in [7, 11) is 2.13. The predicted molar refractivity (Wildman–Crippen MR) is 113 cm³/mol. The molecule has 2 aromatic rings. The highest BCUT2D eigenvalue weighted by Crippen LogP contribution is 2.31. The first-order chi connectivity index (χ1) is 13.1. The van der Waals surface area contributed by atoms with E-state index in [9.17, 15) is 8.60 Å². The number of hydrogen-bond donors (Lipinski definition) is 0. The zero-order valence-corrected chi connectivity index (χ0v) is 17.9. The molecule has 154 valence electrons. The van der Waals surface area contributed by atoms with Gasteiger partial charge in [0.25, 0.3) is 0 Å². The molecule has 4 nitrogen and oxygen atoms in total. The van der Waals surface area contributed by atoms with Crippen LogP contribution in [0.3, 0.4) is 0 Å². The second-order valence-corrected chi connectivity index (χ2v) is 8.46. The van der Waals surface area contributed by atoms with Gasteiger partial charge in [0.2, 0.25) is 0 Å². The number of benzene rings is 2. The Balaban J connectivity index is 0.00000280. The van der Waals surface area contributed by atoms with Crippen LogP contribution in [0.5, 0.6) is 11.5 Å². The molecule has 0 N–H and O–H groups in total. The molecule has 3 rings (SSSR count). The first kappa shape index (κ1) is 22.7. The Morgan fingerprint density at radius 2 is 1.68 bits per heavy atom. The number of piperidine rings is 1. The lowest BCUT2D eigenvalue weighted by atomic mass is 10.1. The molecule has 1 aliphatic heterocycles. The minimum Gasteiger partial charge on any atom is -0.493 e. The fraction of sp³-hybridized carbons (Fsp3) is 0.429. The van der Waals surface area contributed by atoms with Gasteiger partial charge in [-0.1, -0.05) is 12.1 Å². The first-order valence-electron chi connectivity index (χ1n) is 9.20. The van der Waals surface area contributed by atoms with Crippen molar-refractivity contribution in [2.75, 3.05) is 33.9 Å². The fourth-order valence-electron chi connectivity index (χ4n) is 3.42. The fourth-order valence-corrected chi connectivity index (χ4v) is 4.87. The van der Waals surface area contributed by atoms with Crippen molar-refractivity contribution in [1.82, 2.24) is 4.90 Å². The van der Waals surface area contributed by atoms with E-state index in [1.54, 1.807) is 14.2 Å². The van der Waals surface area contributed by atoms with Gasteiger partial charge in [0.05, 0.1) is 25.0 Å². The molecule has 28 heavy (non-hydrogen) atoms. The quantitative estimate of drug-likeness (QED) is 0.667. The Kier molecular flexibility index (Phi) is 8.73. The molecule has 1 saturated heterocycles. The van der Waals surface area contributed by atoms with E-state index in [1.807, 2.05) is 30.3 Å². The highest BCUT2D eigenvalue weighted by atomic mass is 35.5. The summed E-state index contributed by atoms with van der Waals surface area (Å²) < 4.78 is 36.5.